The van der Waals surface area contributed by atoms with Crippen LogP contribution in [0.3, 0.4) is 0 Å². The molecule has 3 N–H and O–H groups in total. The van der Waals surface area contributed by atoms with Crippen LogP contribution in [-0.2, 0) is 21.4 Å². The number of primary sulfonamides is 1. The summed E-state index contributed by atoms with van der Waals surface area (Å²) in [4.78, 5) is 21.2. The van der Waals surface area contributed by atoms with Gasteiger partial charge in [0.1, 0.15) is 11.5 Å². The van der Waals surface area contributed by atoms with Crippen LogP contribution >= 0.6 is 0 Å². The predicted molar refractivity (Wildman–Crippen MR) is 84.7 cm³/mol. The molecule has 2 aromatic rings. The molecule has 1 amide bonds. The lowest BCUT2D eigenvalue weighted by Gasteiger charge is -2.10. The van der Waals surface area contributed by atoms with E-state index in [1.165, 1.54) is 0 Å². The molecule has 0 fully saturated rings. The van der Waals surface area contributed by atoms with Gasteiger partial charge in [-0.3, -0.25) is 15.4 Å². The zero-order valence-corrected chi connectivity index (χ0v) is 13.0. The minimum Gasteiger partial charge on any atom is -0.444 e. The van der Waals surface area contributed by atoms with Crippen molar-refractivity contribution in [3.8, 4) is 0 Å². The minimum absolute atomic E-state index is 0.0234. The Kier molecular flexibility index (Phi) is 5.11. The number of nitrogens with one attached hydrogen (secondary N) is 1. The number of amides is 1. The molecule has 0 aliphatic rings. The van der Waals surface area contributed by atoms with Crippen molar-refractivity contribution in [1.29, 1.82) is 0 Å². The average Bonchev–Trinajstić information content (AvgIpc) is 2.53. The Hall–Kier alpha value is -2.98. The first-order valence-corrected chi connectivity index (χ1v) is 8.11. The number of hydrogen-bond donors (Lipinski definition) is 2. The van der Waals surface area contributed by atoms with Crippen LogP contribution < -0.4 is 10.5 Å². The lowest BCUT2D eigenvalue weighted by atomic mass is 10.2. The highest BCUT2D eigenvalue weighted by molar-refractivity contribution is 7.89. The van der Waals surface area contributed by atoms with Gasteiger partial charge in [-0.2, -0.15) is 0 Å². The molecule has 0 aromatic heterocycles. The standard InChI is InChI=1S/C14H13N3O6S/c15-24(21,22)13-8-11(17(19)20)6-7-12(13)16-14(18)23-9-10-4-2-1-3-5-10/h1-8H,9H2,(H,16,18)(H2,15,21,22). The molecule has 2 rings (SSSR count). The number of nitro benzene ring substituents is 1. The number of carbonyl (C=O) groups excluding carboxylic acids is 1. The Morgan fingerprint density at radius 1 is 1.21 bits per heavy atom. The lowest BCUT2D eigenvalue weighted by molar-refractivity contribution is -0.385. The maximum Gasteiger partial charge on any atom is 0.411 e. The van der Waals surface area contributed by atoms with E-state index in [0.29, 0.717) is 0 Å². The Morgan fingerprint density at radius 2 is 1.88 bits per heavy atom. The SMILES string of the molecule is NS(=O)(=O)c1cc([N+](=O)[O-])ccc1NC(=O)OCc1ccccc1. The summed E-state index contributed by atoms with van der Waals surface area (Å²) in [6.07, 6.45) is -0.919. The summed E-state index contributed by atoms with van der Waals surface area (Å²) >= 11 is 0. The highest BCUT2D eigenvalue weighted by atomic mass is 32.2. The molecule has 126 valence electrons. The highest BCUT2D eigenvalue weighted by Crippen LogP contribution is 2.25. The van der Waals surface area contributed by atoms with Gasteiger partial charge in [0.15, 0.2) is 0 Å². The third-order valence-electron chi connectivity index (χ3n) is 2.93. The van der Waals surface area contributed by atoms with E-state index < -0.39 is 31.6 Å². The van der Waals surface area contributed by atoms with E-state index in [-0.39, 0.29) is 12.3 Å². The average molecular weight is 351 g/mol. The monoisotopic (exact) mass is 351 g/mol. The summed E-state index contributed by atoms with van der Waals surface area (Å²) in [6, 6.07) is 11.7. The van der Waals surface area contributed by atoms with Crippen LogP contribution in [0.15, 0.2) is 53.4 Å². The van der Waals surface area contributed by atoms with Crippen LogP contribution in [0.25, 0.3) is 0 Å². The van der Waals surface area contributed by atoms with Crippen molar-refractivity contribution in [3.63, 3.8) is 0 Å². The maximum atomic E-state index is 11.8. The molecule has 0 aliphatic heterocycles. The summed E-state index contributed by atoms with van der Waals surface area (Å²) < 4.78 is 28.1. The second kappa shape index (κ2) is 7.06. The molecule has 2 aromatic carbocycles. The number of ether oxygens (including phenoxy) is 1. The van der Waals surface area contributed by atoms with Crippen LogP contribution in [0.5, 0.6) is 0 Å². The number of nitro groups is 1. The number of hydrogen-bond acceptors (Lipinski definition) is 6. The third kappa shape index (κ3) is 4.51. The number of carbonyl (C=O) groups is 1. The van der Waals surface area contributed by atoms with Crippen LogP contribution in [0.4, 0.5) is 16.2 Å². The molecule has 0 bridgehead atoms. The zero-order valence-electron chi connectivity index (χ0n) is 12.2. The molecule has 0 saturated carbocycles. The van der Waals surface area contributed by atoms with Crippen molar-refractivity contribution >= 4 is 27.5 Å². The number of rotatable bonds is 5. The van der Waals surface area contributed by atoms with Gasteiger partial charge in [-0.25, -0.2) is 18.4 Å². The second-order valence-corrected chi connectivity index (χ2v) is 6.20. The fourth-order valence-electron chi connectivity index (χ4n) is 1.83. The smallest absolute Gasteiger partial charge is 0.411 e. The van der Waals surface area contributed by atoms with E-state index in [9.17, 15) is 23.3 Å². The number of sulfonamides is 1. The fourth-order valence-corrected chi connectivity index (χ4v) is 2.54. The Morgan fingerprint density at radius 3 is 2.46 bits per heavy atom. The van der Waals surface area contributed by atoms with Crippen molar-refractivity contribution < 1.29 is 22.9 Å². The molecule has 0 atom stereocenters. The van der Waals surface area contributed by atoms with E-state index in [0.717, 1.165) is 23.8 Å². The first-order valence-electron chi connectivity index (χ1n) is 6.56. The van der Waals surface area contributed by atoms with Crippen molar-refractivity contribution in [1.82, 2.24) is 0 Å². The zero-order chi connectivity index (χ0) is 17.7. The van der Waals surface area contributed by atoms with Crippen LogP contribution in [0, 0.1) is 10.1 Å². The number of non-ortho nitro benzene ring substituents is 1. The van der Waals surface area contributed by atoms with E-state index >= 15 is 0 Å². The molecule has 24 heavy (non-hydrogen) atoms. The van der Waals surface area contributed by atoms with Crippen molar-refractivity contribution in [2.45, 2.75) is 11.5 Å². The quantitative estimate of drug-likeness (QED) is 0.623. The number of benzene rings is 2. The van der Waals surface area contributed by atoms with Crippen molar-refractivity contribution in [2.75, 3.05) is 5.32 Å². The molecule has 9 nitrogen and oxygen atoms in total. The van der Waals surface area contributed by atoms with Gasteiger partial charge in [0.25, 0.3) is 5.69 Å². The minimum atomic E-state index is -4.28. The molecule has 0 unspecified atom stereocenters. The van der Waals surface area contributed by atoms with E-state index in [1.807, 2.05) is 0 Å². The van der Waals surface area contributed by atoms with Gasteiger partial charge in [-0.15, -0.1) is 0 Å². The van der Waals surface area contributed by atoms with Gasteiger partial charge >= 0.3 is 6.09 Å². The number of nitrogens with two attached hydrogens (primary N) is 1. The van der Waals surface area contributed by atoms with Gasteiger partial charge < -0.3 is 4.74 Å². The largest absolute Gasteiger partial charge is 0.444 e. The highest BCUT2D eigenvalue weighted by Gasteiger charge is 2.20. The van der Waals surface area contributed by atoms with Crippen LogP contribution in [-0.4, -0.2) is 19.4 Å². The topological polar surface area (TPSA) is 142 Å². The molecule has 0 heterocycles. The van der Waals surface area contributed by atoms with Gasteiger partial charge in [-0.05, 0) is 11.6 Å². The molecule has 0 radical (unpaired) electrons. The first kappa shape index (κ1) is 17.4. The summed E-state index contributed by atoms with van der Waals surface area (Å²) in [5.41, 5.74) is 0.0615. The molecular weight excluding hydrogens is 338 g/mol. The Labute approximate surface area is 137 Å². The Bertz CT molecular complexity index is 867. The molecular formula is C14H13N3O6S. The summed E-state index contributed by atoms with van der Waals surface area (Å²) in [7, 11) is -4.28. The van der Waals surface area contributed by atoms with Gasteiger partial charge in [0.2, 0.25) is 10.0 Å². The van der Waals surface area contributed by atoms with Crippen LogP contribution in [0.2, 0.25) is 0 Å². The maximum absolute atomic E-state index is 11.8. The van der Waals surface area contributed by atoms with E-state index in [4.69, 9.17) is 9.88 Å². The summed E-state index contributed by atoms with van der Waals surface area (Å²) in [5, 5.41) is 18.0. The van der Waals surface area contributed by atoms with Crippen LogP contribution in [0.1, 0.15) is 5.56 Å². The molecule has 10 heteroatoms. The van der Waals surface area contributed by atoms with Crippen molar-refractivity contribution in [3.05, 3.63) is 64.2 Å². The first-order chi connectivity index (χ1) is 11.3. The van der Waals surface area contributed by atoms with E-state index in [1.54, 1.807) is 30.3 Å². The van der Waals surface area contributed by atoms with Gasteiger partial charge in [0.05, 0.1) is 10.6 Å². The summed E-state index contributed by atoms with van der Waals surface area (Å²) in [6.45, 7) is -0.0234. The Balaban J connectivity index is 2.16. The molecule has 0 spiro atoms. The fraction of sp³-hybridized carbons (Fsp3) is 0.0714. The summed E-state index contributed by atoms with van der Waals surface area (Å²) in [5.74, 6) is 0. The van der Waals surface area contributed by atoms with Crippen molar-refractivity contribution in [2.24, 2.45) is 5.14 Å². The third-order valence-corrected chi connectivity index (χ3v) is 3.88. The number of anilines is 1. The second-order valence-electron chi connectivity index (χ2n) is 4.67. The molecule has 0 aliphatic carbocycles. The van der Waals surface area contributed by atoms with Gasteiger partial charge in [-0.1, -0.05) is 30.3 Å². The van der Waals surface area contributed by atoms with Gasteiger partial charge in [0, 0.05) is 12.1 Å². The van der Waals surface area contributed by atoms with E-state index in [2.05, 4.69) is 5.32 Å². The number of nitrogens with zero attached hydrogens (tertiary/aromatic N) is 1. The predicted octanol–water partition coefficient (Wildman–Crippen LogP) is 1.99. The normalized spacial score (nSPS) is 10.9. The lowest BCUT2D eigenvalue weighted by Crippen LogP contribution is -2.19. The molecule has 0 saturated heterocycles.